The fourth-order valence-corrected chi connectivity index (χ4v) is 2.23. The van der Waals surface area contributed by atoms with Gasteiger partial charge in [0.2, 0.25) is 0 Å². The summed E-state index contributed by atoms with van der Waals surface area (Å²) in [6.07, 6.45) is 0.791. The SMILES string of the molecule is CCc1cc(C(=O)NCc2cccc(OCC(Cl)=CCl)c2)n(C)n1. The lowest BCUT2D eigenvalue weighted by molar-refractivity contribution is 0.0941. The van der Waals surface area contributed by atoms with Crippen LogP contribution in [-0.4, -0.2) is 22.3 Å². The highest BCUT2D eigenvalue weighted by molar-refractivity contribution is 6.36. The molecule has 128 valence electrons. The van der Waals surface area contributed by atoms with Crippen LogP contribution in [-0.2, 0) is 20.0 Å². The number of hydrogen-bond acceptors (Lipinski definition) is 3. The molecule has 0 atom stereocenters. The van der Waals surface area contributed by atoms with E-state index in [2.05, 4.69) is 10.4 Å². The van der Waals surface area contributed by atoms with Crippen LogP contribution in [0.2, 0.25) is 0 Å². The van der Waals surface area contributed by atoms with Crippen molar-refractivity contribution in [3.05, 3.63) is 57.9 Å². The molecule has 1 heterocycles. The second-order valence-corrected chi connectivity index (χ2v) is 5.88. The van der Waals surface area contributed by atoms with Crippen LogP contribution in [0.4, 0.5) is 0 Å². The molecule has 0 aliphatic heterocycles. The summed E-state index contributed by atoms with van der Waals surface area (Å²) in [6, 6.07) is 9.23. The van der Waals surface area contributed by atoms with Crippen LogP contribution in [0.15, 0.2) is 40.9 Å². The Morgan fingerprint density at radius 3 is 2.88 bits per heavy atom. The molecule has 24 heavy (non-hydrogen) atoms. The van der Waals surface area contributed by atoms with E-state index in [1.54, 1.807) is 17.8 Å². The summed E-state index contributed by atoms with van der Waals surface area (Å²) in [6.45, 7) is 2.60. The number of amides is 1. The number of nitrogens with zero attached hydrogens (tertiary/aromatic N) is 2. The number of aryl methyl sites for hydroxylation is 2. The highest BCUT2D eigenvalue weighted by atomic mass is 35.5. The van der Waals surface area contributed by atoms with Gasteiger partial charge in [-0.05, 0) is 30.2 Å². The Labute approximate surface area is 151 Å². The zero-order chi connectivity index (χ0) is 17.5. The Balaban J connectivity index is 1.96. The van der Waals surface area contributed by atoms with E-state index in [9.17, 15) is 4.79 Å². The minimum atomic E-state index is -0.163. The van der Waals surface area contributed by atoms with Crippen LogP contribution in [0.5, 0.6) is 5.75 Å². The summed E-state index contributed by atoms with van der Waals surface area (Å²) in [5.41, 5.74) is 3.62. The molecule has 5 nitrogen and oxygen atoms in total. The quantitative estimate of drug-likeness (QED) is 0.812. The first-order valence-corrected chi connectivity index (χ1v) is 8.32. The molecule has 2 aromatic rings. The Hall–Kier alpha value is -1.98. The molecule has 0 unspecified atom stereocenters. The zero-order valence-corrected chi connectivity index (χ0v) is 15.1. The Morgan fingerprint density at radius 1 is 1.42 bits per heavy atom. The van der Waals surface area contributed by atoms with Crippen molar-refractivity contribution in [1.29, 1.82) is 0 Å². The maximum Gasteiger partial charge on any atom is 0.269 e. The Morgan fingerprint density at radius 2 is 2.21 bits per heavy atom. The first kappa shape index (κ1) is 18.4. The van der Waals surface area contributed by atoms with Crippen LogP contribution < -0.4 is 10.1 Å². The molecule has 0 bridgehead atoms. The maximum absolute atomic E-state index is 12.3. The molecule has 7 heteroatoms. The number of aromatic nitrogens is 2. The van der Waals surface area contributed by atoms with Crippen LogP contribution >= 0.6 is 23.2 Å². The van der Waals surface area contributed by atoms with Crippen molar-refractivity contribution in [2.24, 2.45) is 7.05 Å². The molecule has 0 spiro atoms. The fourth-order valence-electron chi connectivity index (χ4n) is 2.11. The summed E-state index contributed by atoms with van der Waals surface area (Å²) in [7, 11) is 1.76. The predicted octanol–water partition coefficient (Wildman–Crippen LogP) is 3.61. The van der Waals surface area contributed by atoms with E-state index >= 15 is 0 Å². The lowest BCUT2D eigenvalue weighted by atomic mass is 10.2. The smallest absolute Gasteiger partial charge is 0.269 e. The number of carbonyl (C=O) groups excluding carboxylic acids is 1. The molecular formula is C17H19Cl2N3O2. The van der Waals surface area contributed by atoms with Gasteiger partial charge in [0.25, 0.3) is 5.91 Å². The first-order valence-electron chi connectivity index (χ1n) is 7.51. The number of benzene rings is 1. The summed E-state index contributed by atoms with van der Waals surface area (Å²) in [5, 5.41) is 7.57. The molecule has 0 saturated heterocycles. The standard InChI is InChI=1S/C17H19Cl2N3O2/c1-3-14-8-16(22(2)21-14)17(23)20-10-12-5-4-6-15(7-12)24-11-13(19)9-18/h4-9H,3,10-11H2,1-2H3,(H,20,23). The lowest BCUT2D eigenvalue weighted by Gasteiger charge is -2.09. The molecule has 1 aromatic carbocycles. The van der Waals surface area contributed by atoms with E-state index in [-0.39, 0.29) is 12.5 Å². The summed E-state index contributed by atoms with van der Waals surface area (Å²) < 4.78 is 7.11. The van der Waals surface area contributed by atoms with Gasteiger partial charge in [0, 0.05) is 19.1 Å². The molecule has 0 aliphatic rings. The van der Waals surface area contributed by atoms with Crippen LogP contribution in [0.25, 0.3) is 0 Å². The molecule has 0 saturated carbocycles. The van der Waals surface area contributed by atoms with E-state index in [4.69, 9.17) is 27.9 Å². The van der Waals surface area contributed by atoms with Crippen molar-refractivity contribution >= 4 is 29.1 Å². The van der Waals surface area contributed by atoms with E-state index in [0.717, 1.165) is 17.7 Å². The number of rotatable bonds is 7. The van der Waals surface area contributed by atoms with E-state index in [0.29, 0.717) is 23.0 Å². The van der Waals surface area contributed by atoms with Crippen molar-refractivity contribution in [2.45, 2.75) is 19.9 Å². The fraction of sp³-hybridized carbons (Fsp3) is 0.294. The van der Waals surface area contributed by atoms with Crippen molar-refractivity contribution < 1.29 is 9.53 Å². The van der Waals surface area contributed by atoms with E-state index < -0.39 is 0 Å². The monoisotopic (exact) mass is 367 g/mol. The minimum Gasteiger partial charge on any atom is -0.488 e. The number of nitrogens with one attached hydrogen (secondary N) is 1. The lowest BCUT2D eigenvalue weighted by Crippen LogP contribution is -2.25. The van der Waals surface area contributed by atoms with Crippen molar-refractivity contribution in [1.82, 2.24) is 15.1 Å². The van der Waals surface area contributed by atoms with Crippen molar-refractivity contribution in [2.75, 3.05) is 6.61 Å². The average Bonchev–Trinajstić information content (AvgIpc) is 2.99. The van der Waals surface area contributed by atoms with Gasteiger partial charge >= 0.3 is 0 Å². The normalized spacial score (nSPS) is 11.4. The van der Waals surface area contributed by atoms with Gasteiger partial charge in [-0.15, -0.1) is 0 Å². The molecule has 0 aliphatic carbocycles. The number of halogens is 2. The second-order valence-electron chi connectivity index (χ2n) is 5.17. The maximum atomic E-state index is 12.3. The van der Waals surface area contributed by atoms with Gasteiger partial charge in [0.15, 0.2) is 0 Å². The Kier molecular flexibility index (Phi) is 6.70. The highest BCUT2D eigenvalue weighted by Crippen LogP contribution is 2.15. The van der Waals surface area contributed by atoms with Gasteiger partial charge in [-0.25, -0.2) is 0 Å². The third-order valence-corrected chi connectivity index (χ3v) is 3.97. The summed E-state index contributed by atoms with van der Waals surface area (Å²) in [4.78, 5) is 12.3. The van der Waals surface area contributed by atoms with Crippen LogP contribution in [0.1, 0.15) is 28.7 Å². The first-order chi connectivity index (χ1) is 11.5. The topological polar surface area (TPSA) is 56.1 Å². The van der Waals surface area contributed by atoms with Gasteiger partial charge in [0.05, 0.1) is 10.7 Å². The Bertz CT molecular complexity index is 741. The molecule has 0 fully saturated rings. The van der Waals surface area contributed by atoms with Gasteiger partial charge in [-0.2, -0.15) is 5.10 Å². The average molecular weight is 368 g/mol. The van der Waals surface area contributed by atoms with E-state index in [1.165, 1.54) is 5.54 Å². The molecule has 1 aromatic heterocycles. The number of carbonyl (C=O) groups is 1. The third kappa shape index (κ3) is 5.01. The molecule has 1 amide bonds. The highest BCUT2D eigenvalue weighted by Gasteiger charge is 2.12. The minimum absolute atomic E-state index is 0.163. The van der Waals surface area contributed by atoms with Crippen LogP contribution in [0.3, 0.4) is 0 Å². The predicted molar refractivity (Wildman–Crippen MR) is 95.5 cm³/mol. The second kappa shape index (κ2) is 8.76. The van der Waals surface area contributed by atoms with Crippen LogP contribution in [0, 0.1) is 0 Å². The van der Waals surface area contributed by atoms with Crippen molar-refractivity contribution in [3.8, 4) is 5.75 Å². The van der Waals surface area contributed by atoms with Gasteiger partial charge < -0.3 is 10.1 Å². The molecular weight excluding hydrogens is 349 g/mol. The van der Waals surface area contributed by atoms with Gasteiger partial charge in [-0.1, -0.05) is 42.3 Å². The van der Waals surface area contributed by atoms with Gasteiger partial charge in [0.1, 0.15) is 18.1 Å². The number of hydrogen-bond donors (Lipinski definition) is 1. The zero-order valence-electron chi connectivity index (χ0n) is 13.6. The van der Waals surface area contributed by atoms with E-state index in [1.807, 2.05) is 31.2 Å². The van der Waals surface area contributed by atoms with Crippen molar-refractivity contribution in [3.63, 3.8) is 0 Å². The summed E-state index contributed by atoms with van der Waals surface area (Å²) in [5.74, 6) is 0.497. The van der Waals surface area contributed by atoms with Gasteiger partial charge in [-0.3, -0.25) is 9.48 Å². The molecule has 0 radical (unpaired) electrons. The number of ether oxygens (including phenoxy) is 1. The summed E-state index contributed by atoms with van der Waals surface area (Å²) >= 11 is 11.3. The third-order valence-electron chi connectivity index (χ3n) is 3.37. The largest absolute Gasteiger partial charge is 0.488 e. The molecule has 1 N–H and O–H groups in total. The molecule has 2 rings (SSSR count).